The van der Waals surface area contributed by atoms with E-state index in [0.29, 0.717) is 6.42 Å². The van der Waals surface area contributed by atoms with Crippen LogP contribution in [0.5, 0.6) is 0 Å². The summed E-state index contributed by atoms with van der Waals surface area (Å²) in [7, 11) is 4.50. The Balaban J connectivity index is 0. The normalized spacial score (nSPS) is 10.9. The fraction of sp³-hybridized carbons (Fsp3) is 0.417. The summed E-state index contributed by atoms with van der Waals surface area (Å²) in [6.07, 6.45) is 1.58. The highest BCUT2D eigenvalue weighted by molar-refractivity contribution is 9.10. The van der Waals surface area contributed by atoms with Crippen molar-refractivity contribution in [2.24, 2.45) is 17.2 Å². The Hall–Kier alpha value is -0.750. The van der Waals surface area contributed by atoms with Gasteiger partial charge in [0.2, 0.25) is 0 Å². The molecule has 0 heterocycles. The van der Waals surface area contributed by atoms with Gasteiger partial charge in [0.05, 0.1) is 0 Å². The first-order valence-corrected chi connectivity index (χ1v) is 6.12. The summed E-state index contributed by atoms with van der Waals surface area (Å²) in [5, 5.41) is 0. The molecule has 0 unspecified atom stereocenters. The van der Waals surface area contributed by atoms with Crippen molar-refractivity contribution in [3.05, 3.63) is 33.8 Å². The number of hydrogen-bond donors (Lipinski definition) is 3. The van der Waals surface area contributed by atoms with Crippen LogP contribution in [0.15, 0.2) is 22.7 Å². The van der Waals surface area contributed by atoms with E-state index in [9.17, 15) is 4.79 Å². The number of rotatable bonds is 0. The molecule has 0 bridgehead atoms. The van der Waals surface area contributed by atoms with E-state index in [2.05, 4.69) is 33.1 Å². The summed E-state index contributed by atoms with van der Waals surface area (Å²) in [6.45, 7) is 0. The quantitative estimate of drug-likeness (QED) is 0.673. The number of halogens is 1. The van der Waals surface area contributed by atoms with Gasteiger partial charge in [0.1, 0.15) is 0 Å². The Morgan fingerprint density at radius 1 is 1.00 bits per heavy atom. The lowest BCUT2D eigenvalue weighted by Gasteiger charge is -1.97. The molecular weight excluding hydrogens is 282 g/mol. The van der Waals surface area contributed by atoms with Gasteiger partial charge in [0.15, 0.2) is 5.78 Å². The van der Waals surface area contributed by atoms with E-state index >= 15 is 0 Å². The Morgan fingerprint density at radius 3 is 2.00 bits per heavy atom. The highest BCUT2D eigenvalue weighted by Crippen LogP contribution is 2.28. The molecule has 1 aliphatic carbocycles. The fourth-order valence-electron chi connectivity index (χ4n) is 1.45. The first-order valence-electron chi connectivity index (χ1n) is 5.33. The van der Waals surface area contributed by atoms with Crippen LogP contribution in [0.3, 0.4) is 0 Å². The second-order valence-corrected chi connectivity index (χ2v) is 3.54. The van der Waals surface area contributed by atoms with E-state index in [4.69, 9.17) is 0 Å². The van der Waals surface area contributed by atoms with Crippen molar-refractivity contribution in [1.29, 1.82) is 0 Å². The zero-order chi connectivity index (χ0) is 13.8. The Labute approximate surface area is 112 Å². The number of Topliss-reactive ketones (excluding diaryl/α,β-unsaturated/α-hetero) is 1. The third-order valence-electron chi connectivity index (χ3n) is 2.02. The van der Waals surface area contributed by atoms with Crippen LogP contribution in [0, 0.1) is 0 Å². The predicted molar refractivity (Wildman–Crippen MR) is 77.1 cm³/mol. The average Bonchev–Trinajstić information content (AvgIpc) is 2.80. The van der Waals surface area contributed by atoms with Crippen molar-refractivity contribution in [2.45, 2.75) is 12.8 Å². The Kier molecular flexibility index (Phi) is 12.8. The molecule has 0 spiro atoms. The van der Waals surface area contributed by atoms with E-state index in [1.54, 1.807) is 0 Å². The summed E-state index contributed by atoms with van der Waals surface area (Å²) < 4.78 is 1.07. The minimum absolute atomic E-state index is 0.279. The zero-order valence-electron chi connectivity index (χ0n) is 10.7. The number of fused-ring (bicyclic) bond motifs is 1. The van der Waals surface area contributed by atoms with E-state index in [1.807, 2.05) is 18.2 Å². The molecule has 1 aromatic rings. The first-order chi connectivity index (χ1) is 8.29. The van der Waals surface area contributed by atoms with Gasteiger partial charge in [0, 0.05) is 16.5 Å². The number of benzene rings is 1. The van der Waals surface area contributed by atoms with Gasteiger partial charge in [-0.05, 0) is 39.2 Å². The molecule has 0 saturated carbocycles. The number of hydrogen-bond acceptors (Lipinski definition) is 4. The molecule has 1 aliphatic rings. The molecular formula is C12H22BrN3O. The number of nitrogens with two attached hydrogens (primary N) is 3. The molecule has 0 fully saturated rings. The van der Waals surface area contributed by atoms with Crippen LogP contribution in [0.2, 0.25) is 0 Å². The van der Waals surface area contributed by atoms with Crippen LogP contribution in [0.25, 0.3) is 0 Å². The van der Waals surface area contributed by atoms with Crippen molar-refractivity contribution in [1.82, 2.24) is 0 Å². The third kappa shape index (κ3) is 5.41. The molecule has 4 nitrogen and oxygen atoms in total. The van der Waals surface area contributed by atoms with Gasteiger partial charge >= 0.3 is 0 Å². The smallest absolute Gasteiger partial charge is 0.163 e. The van der Waals surface area contributed by atoms with Gasteiger partial charge in [-0.1, -0.05) is 28.1 Å². The van der Waals surface area contributed by atoms with Crippen LogP contribution in [0.1, 0.15) is 22.3 Å². The lowest BCUT2D eigenvalue weighted by atomic mass is 10.1. The van der Waals surface area contributed by atoms with Crippen LogP contribution in [-0.2, 0) is 6.42 Å². The predicted octanol–water partition coefficient (Wildman–Crippen LogP) is 1.30. The second kappa shape index (κ2) is 11.7. The number of carbonyl (C=O) groups is 1. The SMILES string of the molecule is CN.CN.CN.O=C1CCc2c(Br)cccc21. The molecule has 5 heteroatoms. The molecule has 1 aromatic carbocycles. The number of carbonyl (C=O) groups excluding carboxylic acids is 1. The van der Waals surface area contributed by atoms with Gasteiger partial charge < -0.3 is 17.2 Å². The number of ketones is 1. The molecule has 0 atom stereocenters. The first kappa shape index (κ1) is 18.6. The second-order valence-electron chi connectivity index (χ2n) is 2.69. The fourth-order valence-corrected chi connectivity index (χ4v) is 2.01. The van der Waals surface area contributed by atoms with E-state index in [-0.39, 0.29) is 5.78 Å². The maximum Gasteiger partial charge on any atom is 0.163 e. The van der Waals surface area contributed by atoms with Crippen LogP contribution in [-0.4, -0.2) is 26.9 Å². The zero-order valence-corrected chi connectivity index (χ0v) is 12.3. The van der Waals surface area contributed by atoms with Gasteiger partial charge in [0.25, 0.3) is 0 Å². The summed E-state index contributed by atoms with van der Waals surface area (Å²) in [4.78, 5) is 11.2. The van der Waals surface area contributed by atoms with Gasteiger partial charge in [-0.3, -0.25) is 4.79 Å². The largest absolute Gasteiger partial charge is 0.333 e. The molecule has 0 aliphatic heterocycles. The van der Waals surface area contributed by atoms with Crippen molar-refractivity contribution in [2.75, 3.05) is 21.1 Å². The molecule has 98 valence electrons. The lowest BCUT2D eigenvalue weighted by Crippen LogP contribution is -1.89. The molecule has 2 rings (SSSR count). The highest BCUT2D eigenvalue weighted by Gasteiger charge is 2.20. The molecule has 0 radical (unpaired) electrons. The maximum absolute atomic E-state index is 11.2. The summed E-state index contributed by atoms with van der Waals surface area (Å²) in [5.41, 5.74) is 15.6. The third-order valence-corrected chi connectivity index (χ3v) is 2.76. The Bertz CT molecular complexity index is 330. The van der Waals surface area contributed by atoms with Crippen molar-refractivity contribution < 1.29 is 4.79 Å². The highest BCUT2D eigenvalue weighted by atomic mass is 79.9. The molecule has 0 amide bonds. The van der Waals surface area contributed by atoms with E-state index in [1.165, 1.54) is 26.7 Å². The van der Waals surface area contributed by atoms with E-state index < -0.39 is 0 Å². The van der Waals surface area contributed by atoms with Gasteiger partial charge in [-0.2, -0.15) is 0 Å². The summed E-state index contributed by atoms with van der Waals surface area (Å²) in [5.74, 6) is 0.279. The monoisotopic (exact) mass is 303 g/mol. The molecule has 0 saturated heterocycles. The van der Waals surface area contributed by atoms with E-state index in [0.717, 1.165) is 16.5 Å². The van der Waals surface area contributed by atoms with Crippen LogP contribution >= 0.6 is 15.9 Å². The summed E-state index contributed by atoms with van der Waals surface area (Å²) in [6, 6.07) is 5.79. The summed E-state index contributed by atoms with van der Waals surface area (Å²) >= 11 is 3.42. The minimum atomic E-state index is 0.279. The standard InChI is InChI=1S/C9H7BrO.3CH5N/c10-8-3-1-2-7-6(8)4-5-9(7)11;3*1-2/h1-3H,4-5H2;3*2H2,1H3. The van der Waals surface area contributed by atoms with Crippen LogP contribution in [0.4, 0.5) is 0 Å². The van der Waals surface area contributed by atoms with Crippen molar-refractivity contribution in [3.63, 3.8) is 0 Å². The topological polar surface area (TPSA) is 95.1 Å². The minimum Gasteiger partial charge on any atom is -0.333 e. The van der Waals surface area contributed by atoms with Crippen LogP contribution < -0.4 is 17.2 Å². The lowest BCUT2D eigenvalue weighted by molar-refractivity contribution is 0.0994. The van der Waals surface area contributed by atoms with Gasteiger partial charge in [-0.15, -0.1) is 0 Å². The average molecular weight is 304 g/mol. The van der Waals surface area contributed by atoms with Crippen molar-refractivity contribution >= 4 is 21.7 Å². The van der Waals surface area contributed by atoms with Crippen molar-refractivity contribution in [3.8, 4) is 0 Å². The molecule has 0 aromatic heterocycles. The maximum atomic E-state index is 11.2. The van der Waals surface area contributed by atoms with Gasteiger partial charge in [-0.25, -0.2) is 0 Å². The molecule has 6 N–H and O–H groups in total. The molecule has 17 heavy (non-hydrogen) atoms. The Morgan fingerprint density at radius 2 is 1.53 bits per heavy atom.